The zero-order valence-corrected chi connectivity index (χ0v) is 10.5. The van der Waals surface area contributed by atoms with Crippen molar-refractivity contribution >= 4 is 5.82 Å². The van der Waals surface area contributed by atoms with Crippen LogP contribution in [0, 0.1) is 6.92 Å². The van der Waals surface area contributed by atoms with Crippen LogP contribution in [0.1, 0.15) is 5.56 Å². The number of nitrogens with two attached hydrogens (primary N) is 1. The van der Waals surface area contributed by atoms with E-state index in [4.69, 9.17) is 5.73 Å². The summed E-state index contributed by atoms with van der Waals surface area (Å²) in [6, 6.07) is 8.16. The fraction of sp³-hybridized carbons (Fsp3) is 0.0714. The first-order valence-electron chi connectivity index (χ1n) is 5.92. The lowest BCUT2D eigenvalue weighted by molar-refractivity contribution is 1.09. The summed E-state index contributed by atoms with van der Waals surface area (Å²) in [7, 11) is 0. The largest absolute Gasteiger partial charge is 0.382 e. The van der Waals surface area contributed by atoms with Gasteiger partial charge in [-0.15, -0.1) is 0 Å². The molecule has 1 aromatic carbocycles. The first-order chi connectivity index (χ1) is 9.25. The Kier molecular flexibility index (Phi) is 2.72. The van der Waals surface area contributed by atoms with Crippen LogP contribution in [-0.4, -0.2) is 20.2 Å². The highest BCUT2D eigenvalue weighted by Gasteiger charge is 2.14. The molecule has 5 nitrogen and oxygen atoms in total. The van der Waals surface area contributed by atoms with Gasteiger partial charge in [-0.3, -0.25) is 5.10 Å². The van der Waals surface area contributed by atoms with Crippen LogP contribution in [0.25, 0.3) is 22.4 Å². The Morgan fingerprint density at radius 1 is 1.00 bits per heavy atom. The van der Waals surface area contributed by atoms with Crippen LogP contribution < -0.4 is 5.73 Å². The van der Waals surface area contributed by atoms with Crippen LogP contribution in [0.4, 0.5) is 5.82 Å². The molecule has 0 saturated heterocycles. The summed E-state index contributed by atoms with van der Waals surface area (Å²) in [5.74, 6) is 0.475. The summed E-state index contributed by atoms with van der Waals surface area (Å²) >= 11 is 0. The molecule has 3 N–H and O–H groups in total. The van der Waals surface area contributed by atoms with Gasteiger partial charge in [0.15, 0.2) is 5.82 Å². The molecule has 5 heteroatoms. The van der Waals surface area contributed by atoms with Gasteiger partial charge in [0.1, 0.15) is 6.33 Å². The van der Waals surface area contributed by atoms with Gasteiger partial charge in [0.2, 0.25) is 0 Å². The Labute approximate surface area is 110 Å². The normalized spacial score (nSPS) is 10.6. The summed E-state index contributed by atoms with van der Waals surface area (Å²) in [5, 5.41) is 7.04. The summed E-state index contributed by atoms with van der Waals surface area (Å²) in [6.45, 7) is 2.05. The molecule has 0 fully saturated rings. The molecule has 0 amide bonds. The van der Waals surface area contributed by atoms with Crippen LogP contribution in [0.5, 0.6) is 0 Å². The molecule has 0 spiro atoms. The first-order valence-corrected chi connectivity index (χ1v) is 5.92. The summed E-state index contributed by atoms with van der Waals surface area (Å²) < 4.78 is 0. The second-order valence-electron chi connectivity index (χ2n) is 4.35. The lowest BCUT2D eigenvalue weighted by atomic mass is 10.0. The zero-order valence-electron chi connectivity index (χ0n) is 10.5. The van der Waals surface area contributed by atoms with E-state index < -0.39 is 0 Å². The number of benzene rings is 1. The number of anilines is 1. The lowest BCUT2D eigenvalue weighted by Gasteiger charge is -2.04. The predicted octanol–water partition coefficient (Wildman–Crippen LogP) is 2.42. The second kappa shape index (κ2) is 4.53. The average molecular weight is 251 g/mol. The maximum Gasteiger partial charge on any atom is 0.153 e. The quantitative estimate of drug-likeness (QED) is 0.733. The van der Waals surface area contributed by atoms with Crippen LogP contribution in [0.3, 0.4) is 0 Å². The zero-order chi connectivity index (χ0) is 13.2. The number of nitrogens with zero attached hydrogens (tertiary/aromatic N) is 3. The topological polar surface area (TPSA) is 80.5 Å². The highest BCUT2D eigenvalue weighted by molar-refractivity contribution is 5.87. The molecule has 0 unspecified atom stereocenters. The van der Waals surface area contributed by atoms with Crippen LogP contribution in [0.15, 0.2) is 43.0 Å². The average Bonchev–Trinajstić information content (AvgIpc) is 2.83. The molecule has 19 heavy (non-hydrogen) atoms. The maximum absolute atomic E-state index is 5.97. The van der Waals surface area contributed by atoms with Crippen molar-refractivity contribution < 1.29 is 0 Å². The number of nitrogens with one attached hydrogen (secondary N) is 1. The molecule has 0 aliphatic rings. The Hall–Kier alpha value is -2.69. The van der Waals surface area contributed by atoms with Crippen molar-refractivity contribution in [2.24, 2.45) is 0 Å². The van der Waals surface area contributed by atoms with Gasteiger partial charge in [0.05, 0.1) is 11.3 Å². The van der Waals surface area contributed by atoms with E-state index in [1.165, 1.54) is 11.9 Å². The predicted molar refractivity (Wildman–Crippen MR) is 74.2 cm³/mol. The van der Waals surface area contributed by atoms with E-state index in [0.717, 1.165) is 22.4 Å². The Balaban J connectivity index is 2.17. The van der Waals surface area contributed by atoms with E-state index in [-0.39, 0.29) is 0 Å². The van der Waals surface area contributed by atoms with Gasteiger partial charge < -0.3 is 5.73 Å². The van der Waals surface area contributed by atoms with Gasteiger partial charge in [-0.25, -0.2) is 9.97 Å². The van der Waals surface area contributed by atoms with Crippen molar-refractivity contribution in [3.8, 4) is 22.4 Å². The highest BCUT2D eigenvalue weighted by Crippen LogP contribution is 2.33. The smallest absolute Gasteiger partial charge is 0.153 e. The van der Waals surface area contributed by atoms with Crippen LogP contribution >= 0.6 is 0 Å². The third-order valence-corrected chi connectivity index (χ3v) is 2.98. The van der Waals surface area contributed by atoms with Gasteiger partial charge >= 0.3 is 0 Å². The van der Waals surface area contributed by atoms with Gasteiger partial charge in [0.25, 0.3) is 0 Å². The molecule has 0 saturated carbocycles. The first kappa shape index (κ1) is 11.4. The van der Waals surface area contributed by atoms with Crippen molar-refractivity contribution in [2.45, 2.75) is 6.92 Å². The van der Waals surface area contributed by atoms with Gasteiger partial charge in [-0.2, -0.15) is 5.10 Å². The molecule has 2 heterocycles. The summed E-state index contributed by atoms with van der Waals surface area (Å²) in [4.78, 5) is 8.04. The fourth-order valence-electron chi connectivity index (χ4n) is 2.01. The molecular formula is C14H13N5. The number of hydrogen-bond acceptors (Lipinski definition) is 4. The minimum atomic E-state index is 0.475. The molecule has 3 rings (SSSR count). The number of aryl methyl sites for hydroxylation is 1. The van der Waals surface area contributed by atoms with Gasteiger partial charge in [0, 0.05) is 18.0 Å². The molecule has 2 aromatic heterocycles. The van der Waals surface area contributed by atoms with Crippen molar-refractivity contribution in [1.29, 1.82) is 0 Å². The van der Waals surface area contributed by atoms with Gasteiger partial charge in [-0.05, 0) is 12.5 Å². The molecular weight excluding hydrogens is 238 g/mol. The molecule has 3 aromatic rings. The van der Waals surface area contributed by atoms with Crippen molar-refractivity contribution in [2.75, 3.05) is 5.73 Å². The Bertz CT molecular complexity index is 686. The molecule has 0 bridgehead atoms. The number of nitrogen functional groups attached to an aromatic ring is 1. The van der Waals surface area contributed by atoms with Crippen molar-refractivity contribution in [3.63, 3.8) is 0 Å². The SMILES string of the molecule is Cc1ccc(-c2c(N)n[nH]c2-c2cncnc2)cc1. The third-order valence-electron chi connectivity index (χ3n) is 2.98. The van der Waals surface area contributed by atoms with E-state index >= 15 is 0 Å². The maximum atomic E-state index is 5.97. The van der Waals surface area contributed by atoms with E-state index in [9.17, 15) is 0 Å². The number of hydrogen-bond donors (Lipinski definition) is 2. The van der Waals surface area contributed by atoms with E-state index in [1.54, 1.807) is 12.4 Å². The molecule has 0 atom stereocenters. The number of aromatic amines is 1. The molecule has 0 aliphatic heterocycles. The van der Waals surface area contributed by atoms with Crippen molar-refractivity contribution in [3.05, 3.63) is 48.5 Å². The summed E-state index contributed by atoms with van der Waals surface area (Å²) in [5.41, 5.74) is 10.8. The number of H-pyrrole nitrogens is 1. The molecule has 0 aliphatic carbocycles. The molecule has 94 valence electrons. The lowest BCUT2D eigenvalue weighted by Crippen LogP contribution is -1.89. The molecule has 0 radical (unpaired) electrons. The Morgan fingerprint density at radius 3 is 2.37 bits per heavy atom. The minimum Gasteiger partial charge on any atom is -0.382 e. The van der Waals surface area contributed by atoms with E-state index in [0.29, 0.717) is 5.82 Å². The highest BCUT2D eigenvalue weighted by atomic mass is 15.2. The van der Waals surface area contributed by atoms with E-state index in [1.807, 2.05) is 24.3 Å². The number of aromatic nitrogens is 4. The minimum absolute atomic E-state index is 0.475. The Morgan fingerprint density at radius 2 is 1.68 bits per heavy atom. The van der Waals surface area contributed by atoms with Gasteiger partial charge in [-0.1, -0.05) is 29.8 Å². The van der Waals surface area contributed by atoms with Crippen molar-refractivity contribution in [1.82, 2.24) is 20.2 Å². The second-order valence-corrected chi connectivity index (χ2v) is 4.35. The summed E-state index contributed by atoms with van der Waals surface area (Å²) in [6.07, 6.45) is 4.96. The fourth-order valence-corrected chi connectivity index (χ4v) is 2.01. The monoisotopic (exact) mass is 251 g/mol. The third kappa shape index (κ3) is 2.06. The number of rotatable bonds is 2. The standard InChI is InChI=1S/C14H13N5/c1-9-2-4-10(5-3-9)12-13(18-19-14(12)15)11-6-16-8-17-7-11/h2-8H,1H3,(H3,15,18,19). The van der Waals surface area contributed by atoms with Crippen LogP contribution in [-0.2, 0) is 0 Å². The van der Waals surface area contributed by atoms with Crippen LogP contribution in [0.2, 0.25) is 0 Å². The van der Waals surface area contributed by atoms with E-state index in [2.05, 4.69) is 27.1 Å².